The average molecular weight is 503 g/mol. The third kappa shape index (κ3) is 7.50. The molecule has 28 heavy (non-hydrogen) atoms. The van der Waals surface area contributed by atoms with Crippen LogP contribution in [0.2, 0.25) is 0 Å². The lowest BCUT2D eigenvalue weighted by Gasteiger charge is -2.32. The highest BCUT2D eigenvalue weighted by molar-refractivity contribution is 14.0. The highest BCUT2D eigenvalue weighted by Crippen LogP contribution is 2.15. The summed E-state index contributed by atoms with van der Waals surface area (Å²) in [5, 5.41) is 13.1. The van der Waals surface area contributed by atoms with Gasteiger partial charge in [-0.05, 0) is 43.7 Å². The van der Waals surface area contributed by atoms with Crippen LogP contribution < -0.4 is 5.32 Å². The van der Waals surface area contributed by atoms with E-state index in [0.29, 0.717) is 19.3 Å². The van der Waals surface area contributed by atoms with Crippen molar-refractivity contribution in [1.82, 2.24) is 10.2 Å². The Bertz CT molecular complexity index is 583. The van der Waals surface area contributed by atoms with Crippen molar-refractivity contribution in [2.75, 3.05) is 32.8 Å². The van der Waals surface area contributed by atoms with Crippen molar-refractivity contribution in [3.05, 3.63) is 35.4 Å². The zero-order valence-corrected chi connectivity index (χ0v) is 19.1. The molecule has 0 saturated carbocycles. The Morgan fingerprint density at radius 3 is 2.43 bits per heavy atom. The van der Waals surface area contributed by atoms with Crippen LogP contribution in [-0.4, -0.2) is 61.0 Å². The monoisotopic (exact) mass is 503 g/mol. The van der Waals surface area contributed by atoms with E-state index in [1.54, 1.807) is 0 Å². The third-order valence-electron chi connectivity index (χ3n) is 5.19. The predicted octanol–water partition coefficient (Wildman–Crippen LogP) is 2.92. The lowest BCUT2D eigenvalue weighted by atomic mass is 10.1. The summed E-state index contributed by atoms with van der Waals surface area (Å²) in [6.07, 6.45) is 3.77. The first-order valence-electron chi connectivity index (χ1n) is 10.2. The minimum absolute atomic E-state index is 0. The third-order valence-corrected chi connectivity index (χ3v) is 5.19. The van der Waals surface area contributed by atoms with Gasteiger partial charge in [0.05, 0.1) is 25.4 Å². The lowest BCUT2D eigenvalue weighted by molar-refractivity contribution is -0.0390. The molecule has 2 aliphatic heterocycles. The number of aliphatic hydroxyl groups excluding tert-OH is 1. The molecule has 158 valence electrons. The maximum atomic E-state index is 9.70. The fourth-order valence-electron chi connectivity index (χ4n) is 3.47. The fourth-order valence-corrected chi connectivity index (χ4v) is 3.47. The van der Waals surface area contributed by atoms with Crippen LogP contribution in [0.1, 0.15) is 43.7 Å². The number of likely N-dealkylation sites (tertiary alicyclic amines) is 1. The zero-order valence-electron chi connectivity index (χ0n) is 16.8. The molecule has 2 heterocycles. The summed E-state index contributed by atoms with van der Waals surface area (Å²) >= 11 is 0. The standard InChI is InChI=1S/C21H33N3O3.HI/c1-2-22-21(24-11-7-19(25)8-12-24)23-15-17-3-5-18(6-4-17)16-27-20-9-13-26-14-10-20;/h3-6,19-20,25H,2,7-16H2,1H3,(H,22,23);1H. The van der Waals surface area contributed by atoms with Crippen LogP contribution in [0.5, 0.6) is 0 Å². The van der Waals surface area contributed by atoms with Gasteiger partial charge in [0.1, 0.15) is 0 Å². The summed E-state index contributed by atoms with van der Waals surface area (Å²) in [6.45, 7) is 7.58. The maximum absolute atomic E-state index is 9.70. The quantitative estimate of drug-likeness (QED) is 0.355. The van der Waals surface area contributed by atoms with Gasteiger partial charge in [0.25, 0.3) is 0 Å². The first-order chi connectivity index (χ1) is 13.2. The lowest BCUT2D eigenvalue weighted by Crippen LogP contribution is -2.46. The molecular weight excluding hydrogens is 469 g/mol. The van der Waals surface area contributed by atoms with Crippen LogP contribution in [-0.2, 0) is 22.6 Å². The zero-order chi connectivity index (χ0) is 18.9. The summed E-state index contributed by atoms with van der Waals surface area (Å²) in [5.41, 5.74) is 2.39. The van der Waals surface area contributed by atoms with Gasteiger partial charge < -0.3 is 24.8 Å². The molecule has 0 unspecified atom stereocenters. The second-order valence-corrected chi connectivity index (χ2v) is 7.33. The van der Waals surface area contributed by atoms with Crippen molar-refractivity contribution in [3.63, 3.8) is 0 Å². The van der Waals surface area contributed by atoms with E-state index in [4.69, 9.17) is 14.5 Å². The Hall–Kier alpha value is -0.900. The van der Waals surface area contributed by atoms with Crippen LogP contribution in [0.3, 0.4) is 0 Å². The Morgan fingerprint density at radius 2 is 1.79 bits per heavy atom. The van der Waals surface area contributed by atoms with Gasteiger partial charge in [-0.3, -0.25) is 0 Å². The topological polar surface area (TPSA) is 66.3 Å². The molecule has 2 saturated heterocycles. The maximum Gasteiger partial charge on any atom is 0.194 e. The van der Waals surface area contributed by atoms with Crippen LogP contribution in [0, 0.1) is 0 Å². The number of aliphatic hydroxyl groups is 1. The Balaban J connectivity index is 0.00000280. The first-order valence-corrected chi connectivity index (χ1v) is 10.2. The number of guanidine groups is 1. The number of hydrogen-bond acceptors (Lipinski definition) is 4. The van der Waals surface area contributed by atoms with E-state index < -0.39 is 0 Å². The molecule has 1 aromatic carbocycles. The molecule has 0 spiro atoms. The number of piperidine rings is 1. The van der Waals surface area contributed by atoms with Gasteiger partial charge in [-0.2, -0.15) is 0 Å². The number of benzene rings is 1. The van der Waals surface area contributed by atoms with E-state index in [0.717, 1.165) is 64.5 Å². The van der Waals surface area contributed by atoms with E-state index in [-0.39, 0.29) is 30.1 Å². The second kappa shape index (κ2) is 12.6. The molecule has 0 aliphatic carbocycles. The van der Waals surface area contributed by atoms with Crippen molar-refractivity contribution < 1.29 is 14.6 Å². The summed E-state index contributed by atoms with van der Waals surface area (Å²) < 4.78 is 11.3. The molecule has 7 heteroatoms. The molecule has 0 amide bonds. The molecule has 1 aromatic rings. The van der Waals surface area contributed by atoms with Crippen LogP contribution in [0.25, 0.3) is 0 Å². The number of aliphatic imine (C=N–C) groups is 1. The second-order valence-electron chi connectivity index (χ2n) is 7.33. The summed E-state index contributed by atoms with van der Waals surface area (Å²) in [4.78, 5) is 7.03. The predicted molar refractivity (Wildman–Crippen MR) is 122 cm³/mol. The molecule has 0 atom stereocenters. The number of hydrogen-bond donors (Lipinski definition) is 2. The van der Waals surface area contributed by atoms with Gasteiger partial charge in [0.15, 0.2) is 5.96 Å². The Kier molecular flexibility index (Phi) is 10.5. The molecule has 2 fully saturated rings. The highest BCUT2D eigenvalue weighted by Gasteiger charge is 2.19. The van der Waals surface area contributed by atoms with Crippen LogP contribution >= 0.6 is 24.0 Å². The van der Waals surface area contributed by atoms with E-state index >= 15 is 0 Å². The highest BCUT2D eigenvalue weighted by atomic mass is 127. The van der Waals surface area contributed by atoms with Gasteiger partial charge in [-0.1, -0.05) is 24.3 Å². The van der Waals surface area contributed by atoms with E-state index in [2.05, 4.69) is 41.4 Å². The Labute approximate surface area is 185 Å². The molecule has 3 rings (SSSR count). The molecular formula is C21H34IN3O3. The summed E-state index contributed by atoms with van der Waals surface area (Å²) in [6, 6.07) is 8.54. The number of nitrogens with one attached hydrogen (secondary N) is 1. The van der Waals surface area contributed by atoms with Gasteiger partial charge in [0, 0.05) is 32.8 Å². The number of nitrogens with zero attached hydrogens (tertiary/aromatic N) is 2. The molecule has 0 aromatic heterocycles. The van der Waals surface area contributed by atoms with Crippen LogP contribution in [0.15, 0.2) is 29.3 Å². The molecule has 2 N–H and O–H groups in total. The minimum Gasteiger partial charge on any atom is -0.393 e. The fraction of sp³-hybridized carbons (Fsp3) is 0.667. The molecule has 6 nitrogen and oxygen atoms in total. The SMILES string of the molecule is CCNC(=NCc1ccc(COC2CCOCC2)cc1)N1CCC(O)CC1.I. The van der Waals surface area contributed by atoms with Crippen molar-refractivity contribution in [1.29, 1.82) is 0 Å². The van der Waals surface area contributed by atoms with Crippen molar-refractivity contribution in [3.8, 4) is 0 Å². The molecule has 0 radical (unpaired) electrons. The van der Waals surface area contributed by atoms with E-state index in [9.17, 15) is 5.11 Å². The molecule has 0 bridgehead atoms. The Morgan fingerprint density at radius 1 is 1.14 bits per heavy atom. The number of halogens is 1. The van der Waals surface area contributed by atoms with Gasteiger partial charge >= 0.3 is 0 Å². The van der Waals surface area contributed by atoms with Gasteiger partial charge in [-0.15, -0.1) is 24.0 Å². The number of rotatable bonds is 6. The normalized spacial score (nSPS) is 19.4. The van der Waals surface area contributed by atoms with Crippen molar-refractivity contribution >= 4 is 29.9 Å². The first kappa shape index (κ1) is 23.4. The van der Waals surface area contributed by atoms with Gasteiger partial charge in [0.2, 0.25) is 0 Å². The largest absolute Gasteiger partial charge is 0.393 e. The van der Waals surface area contributed by atoms with Crippen molar-refractivity contribution in [2.45, 2.75) is 58.0 Å². The summed E-state index contributed by atoms with van der Waals surface area (Å²) in [7, 11) is 0. The minimum atomic E-state index is -0.167. The smallest absolute Gasteiger partial charge is 0.194 e. The van der Waals surface area contributed by atoms with Gasteiger partial charge in [-0.25, -0.2) is 4.99 Å². The van der Waals surface area contributed by atoms with E-state index in [1.165, 1.54) is 11.1 Å². The van der Waals surface area contributed by atoms with E-state index in [1.807, 2.05) is 0 Å². The van der Waals surface area contributed by atoms with Crippen molar-refractivity contribution in [2.24, 2.45) is 4.99 Å². The average Bonchev–Trinajstić information content (AvgIpc) is 2.72. The summed E-state index contributed by atoms with van der Waals surface area (Å²) in [5.74, 6) is 0.941. The van der Waals surface area contributed by atoms with Crippen LogP contribution in [0.4, 0.5) is 0 Å². The number of ether oxygens (including phenoxy) is 2. The molecule has 2 aliphatic rings.